The lowest BCUT2D eigenvalue weighted by atomic mass is 9.81. The number of hydrogen-bond donors (Lipinski definition) is 1. The molecule has 156 valence electrons. The van der Waals surface area contributed by atoms with E-state index in [-0.39, 0.29) is 42.0 Å². The smallest absolute Gasteiger partial charge is 0.240 e. The highest BCUT2D eigenvalue weighted by Gasteiger charge is 2.48. The molecule has 0 aromatic heterocycles. The molecule has 1 aliphatic heterocycles. The third-order valence-electron chi connectivity index (χ3n) is 6.39. The minimum absolute atomic E-state index is 0.161. The van der Waals surface area contributed by atoms with Gasteiger partial charge in [-0.2, -0.15) is 0 Å². The van der Waals surface area contributed by atoms with Gasteiger partial charge in [0.1, 0.15) is 6.54 Å². The average Bonchev–Trinajstić information content (AvgIpc) is 3.03. The number of carbonyl (C=O) groups excluding carboxylic acids is 3. The molecule has 1 aliphatic carbocycles. The van der Waals surface area contributed by atoms with Crippen molar-refractivity contribution in [1.29, 1.82) is 0 Å². The molecule has 2 fully saturated rings. The van der Waals surface area contributed by atoms with E-state index in [0.717, 1.165) is 32.1 Å². The molecule has 5 heteroatoms. The van der Waals surface area contributed by atoms with Crippen molar-refractivity contribution in [2.24, 2.45) is 11.8 Å². The number of carbonyl (C=O) groups is 3. The summed E-state index contributed by atoms with van der Waals surface area (Å²) in [6.07, 6.45) is 4.25. The highest BCUT2D eigenvalue weighted by atomic mass is 16.2. The standard InChI is InChI=1S/C25H28N2O3/c28-23(17-27-24(29)21-13-7-8-14-22(21)25(27)30)26-16-15-20(18-9-3-1-4-10-18)19-11-5-2-6-12-19/h1-6,9-12,20-22H,7-8,13-17H2,(H,26,28)/t21-,22+. The fourth-order valence-corrected chi connectivity index (χ4v) is 4.84. The van der Waals surface area contributed by atoms with Crippen molar-refractivity contribution in [2.75, 3.05) is 13.1 Å². The van der Waals surface area contributed by atoms with Gasteiger partial charge in [0.2, 0.25) is 17.7 Å². The van der Waals surface area contributed by atoms with Crippen LogP contribution >= 0.6 is 0 Å². The van der Waals surface area contributed by atoms with Crippen molar-refractivity contribution < 1.29 is 14.4 Å². The molecule has 0 unspecified atom stereocenters. The Kier molecular flexibility index (Phi) is 6.26. The highest BCUT2D eigenvalue weighted by molar-refractivity contribution is 6.07. The largest absolute Gasteiger partial charge is 0.355 e. The quantitative estimate of drug-likeness (QED) is 0.719. The van der Waals surface area contributed by atoms with Crippen molar-refractivity contribution in [3.05, 3.63) is 71.8 Å². The lowest BCUT2D eigenvalue weighted by Gasteiger charge is -2.19. The SMILES string of the molecule is O=C(CN1C(=O)[C@H]2CCCC[C@H]2C1=O)NCCC(c1ccccc1)c1ccccc1. The van der Waals surface area contributed by atoms with Gasteiger partial charge in [-0.1, -0.05) is 73.5 Å². The lowest BCUT2D eigenvalue weighted by molar-refractivity contribution is -0.143. The van der Waals surface area contributed by atoms with E-state index in [1.54, 1.807) is 0 Å². The molecule has 0 bridgehead atoms. The number of likely N-dealkylation sites (tertiary alicyclic amines) is 1. The van der Waals surface area contributed by atoms with Gasteiger partial charge in [-0.25, -0.2) is 0 Å². The third-order valence-corrected chi connectivity index (χ3v) is 6.39. The fraction of sp³-hybridized carbons (Fsp3) is 0.400. The molecule has 5 nitrogen and oxygen atoms in total. The maximum Gasteiger partial charge on any atom is 0.240 e. The van der Waals surface area contributed by atoms with Gasteiger partial charge in [0.25, 0.3) is 0 Å². The Balaban J connectivity index is 1.35. The minimum atomic E-state index is -0.268. The van der Waals surface area contributed by atoms with Crippen LogP contribution in [-0.2, 0) is 14.4 Å². The van der Waals surface area contributed by atoms with E-state index in [1.165, 1.54) is 16.0 Å². The molecule has 1 saturated heterocycles. The van der Waals surface area contributed by atoms with Crippen LogP contribution in [-0.4, -0.2) is 35.7 Å². The summed E-state index contributed by atoms with van der Waals surface area (Å²) < 4.78 is 0. The number of rotatable bonds is 7. The van der Waals surface area contributed by atoms with Crippen LogP contribution in [0.3, 0.4) is 0 Å². The summed E-state index contributed by atoms with van der Waals surface area (Å²) in [6.45, 7) is 0.322. The first-order valence-electron chi connectivity index (χ1n) is 10.9. The van der Waals surface area contributed by atoms with Gasteiger partial charge >= 0.3 is 0 Å². The van der Waals surface area contributed by atoms with E-state index in [0.29, 0.717) is 6.54 Å². The zero-order valence-corrected chi connectivity index (χ0v) is 17.1. The number of amides is 3. The van der Waals surface area contributed by atoms with Crippen LogP contribution in [0.25, 0.3) is 0 Å². The third kappa shape index (κ3) is 4.30. The van der Waals surface area contributed by atoms with E-state index < -0.39 is 0 Å². The Bertz CT molecular complexity index is 834. The molecular weight excluding hydrogens is 376 g/mol. The van der Waals surface area contributed by atoms with Crippen molar-refractivity contribution in [2.45, 2.75) is 38.0 Å². The Hall–Kier alpha value is -2.95. The number of nitrogens with zero attached hydrogens (tertiary/aromatic N) is 1. The van der Waals surface area contributed by atoms with Gasteiger partial charge in [-0.05, 0) is 30.4 Å². The van der Waals surface area contributed by atoms with Gasteiger partial charge in [0.05, 0.1) is 11.8 Å². The molecule has 2 aromatic carbocycles. The van der Waals surface area contributed by atoms with Crippen LogP contribution in [0, 0.1) is 11.8 Å². The maximum atomic E-state index is 12.6. The van der Waals surface area contributed by atoms with Gasteiger partial charge in [-0.3, -0.25) is 19.3 Å². The first kappa shape index (κ1) is 20.3. The summed E-state index contributed by atoms with van der Waals surface area (Å²) in [7, 11) is 0. The van der Waals surface area contributed by atoms with E-state index in [2.05, 4.69) is 29.6 Å². The van der Waals surface area contributed by atoms with Crippen molar-refractivity contribution in [3.8, 4) is 0 Å². The second-order valence-electron chi connectivity index (χ2n) is 8.27. The van der Waals surface area contributed by atoms with Crippen LogP contribution in [0.15, 0.2) is 60.7 Å². The van der Waals surface area contributed by atoms with Crippen LogP contribution in [0.5, 0.6) is 0 Å². The van der Waals surface area contributed by atoms with E-state index >= 15 is 0 Å². The van der Waals surface area contributed by atoms with Crippen LogP contribution in [0.1, 0.15) is 49.1 Å². The second kappa shape index (κ2) is 9.24. The molecule has 0 radical (unpaired) electrons. The summed E-state index contributed by atoms with van der Waals surface area (Å²) in [5.74, 6) is -0.836. The minimum Gasteiger partial charge on any atom is -0.355 e. The molecule has 30 heavy (non-hydrogen) atoms. The van der Waals surface area contributed by atoms with Crippen molar-refractivity contribution in [3.63, 3.8) is 0 Å². The zero-order chi connectivity index (χ0) is 20.9. The van der Waals surface area contributed by atoms with E-state index in [4.69, 9.17) is 0 Å². The molecule has 2 atom stereocenters. The molecule has 1 saturated carbocycles. The Labute approximate surface area is 177 Å². The van der Waals surface area contributed by atoms with Crippen LogP contribution in [0.2, 0.25) is 0 Å². The van der Waals surface area contributed by atoms with Crippen molar-refractivity contribution >= 4 is 17.7 Å². The van der Waals surface area contributed by atoms with Crippen molar-refractivity contribution in [1.82, 2.24) is 10.2 Å². The summed E-state index contributed by atoms with van der Waals surface area (Å²) in [5, 5.41) is 2.92. The van der Waals surface area contributed by atoms with Gasteiger partial charge in [0, 0.05) is 12.5 Å². The summed E-state index contributed by atoms with van der Waals surface area (Å²) in [6, 6.07) is 20.5. The number of benzene rings is 2. The fourth-order valence-electron chi connectivity index (χ4n) is 4.84. The summed E-state index contributed by atoms with van der Waals surface area (Å²) >= 11 is 0. The normalized spacial score (nSPS) is 21.0. The molecule has 2 aromatic rings. The van der Waals surface area contributed by atoms with Gasteiger partial charge < -0.3 is 5.32 Å². The molecule has 1 heterocycles. The molecule has 0 spiro atoms. The maximum absolute atomic E-state index is 12.6. The first-order valence-corrected chi connectivity index (χ1v) is 10.9. The van der Waals surface area contributed by atoms with E-state index in [1.807, 2.05) is 36.4 Å². The number of hydrogen-bond acceptors (Lipinski definition) is 3. The predicted molar refractivity (Wildman–Crippen MR) is 115 cm³/mol. The van der Waals surface area contributed by atoms with Gasteiger partial charge in [0.15, 0.2) is 0 Å². The Morgan fingerprint density at radius 1 is 0.867 bits per heavy atom. The Morgan fingerprint density at radius 3 is 1.87 bits per heavy atom. The lowest BCUT2D eigenvalue weighted by Crippen LogP contribution is -2.41. The zero-order valence-electron chi connectivity index (χ0n) is 17.1. The summed E-state index contributed by atoms with van der Waals surface area (Å²) in [5.41, 5.74) is 2.40. The second-order valence-corrected chi connectivity index (χ2v) is 8.27. The predicted octanol–water partition coefficient (Wildman–Crippen LogP) is 3.50. The molecule has 3 amide bonds. The van der Waals surface area contributed by atoms with Crippen LogP contribution < -0.4 is 5.32 Å². The molecular formula is C25H28N2O3. The van der Waals surface area contributed by atoms with E-state index in [9.17, 15) is 14.4 Å². The number of imide groups is 1. The average molecular weight is 405 g/mol. The van der Waals surface area contributed by atoms with Gasteiger partial charge in [-0.15, -0.1) is 0 Å². The highest BCUT2D eigenvalue weighted by Crippen LogP contribution is 2.37. The summed E-state index contributed by atoms with van der Waals surface area (Å²) in [4.78, 5) is 38.8. The topological polar surface area (TPSA) is 66.5 Å². The monoisotopic (exact) mass is 404 g/mol. The number of fused-ring (bicyclic) bond motifs is 1. The number of nitrogens with one attached hydrogen (secondary N) is 1. The Morgan fingerprint density at radius 2 is 1.37 bits per heavy atom. The molecule has 4 rings (SSSR count). The molecule has 2 aliphatic rings. The molecule has 1 N–H and O–H groups in total. The first-order chi connectivity index (χ1) is 14.6. The van der Waals surface area contributed by atoms with Crippen LogP contribution in [0.4, 0.5) is 0 Å².